The molecule has 1 aromatic carbocycles. The molecule has 0 aliphatic rings. The van der Waals surface area contributed by atoms with Crippen LogP contribution in [0.4, 0.5) is 11.4 Å². The second-order valence-electron chi connectivity index (χ2n) is 10.1. The smallest absolute Gasteiger partial charge is 0.0350 e. The molecular weight excluding hydrogens is 388 g/mol. The van der Waals surface area contributed by atoms with Crippen molar-refractivity contribution in [1.82, 2.24) is 0 Å². The van der Waals surface area contributed by atoms with Gasteiger partial charge in [-0.3, -0.25) is 0 Å². The van der Waals surface area contributed by atoms with E-state index in [-0.39, 0.29) is 0 Å². The van der Waals surface area contributed by atoms with Gasteiger partial charge in [0.1, 0.15) is 0 Å². The molecule has 1 rings (SSSR count). The average Bonchev–Trinajstić information content (AvgIpc) is 2.79. The van der Waals surface area contributed by atoms with Crippen LogP contribution in [-0.4, -0.2) is 0 Å². The molecule has 0 fully saturated rings. The molecule has 0 amide bonds. The van der Waals surface area contributed by atoms with Crippen LogP contribution in [0.2, 0.25) is 0 Å². The Morgan fingerprint density at radius 2 is 0.656 bits per heavy atom. The lowest BCUT2D eigenvalue weighted by atomic mass is 9.93. The van der Waals surface area contributed by atoms with E-state index in [2.05, 4.69) is 13.8 Å². The Morgan fingerprint density at radius 1 is 0.406 bits per heavy atom. The van der Waals surface area contributed by atoms with Gasteiger partial charge in [0.2, 0.25) is 0 Å². The number of hydrogen-bond acceptors (Lipinski definition) is 2. The van der Waals surface area contributed by atoms with E-state index < -0.39 is 0 Å². The first-order valence-corrected chi connectivity index (χ1v) is 14.4. The van der Waals surface area contributed by atoms with Crippen molar-refractivity contribution >= 4 is 11.4 Å². The third kappa shape index (κ3) is 14.1. The van der Waals surface area contributed by atoms with E-state index in [0.717, 1.165) is 24.2 Å². The molecule has 0 aliphatic heterocycles. The molecule has 0 unspecified atom stereocenters. The second kappa shape index (κ2) is 20.4. The summed E-state index contributed by atoms with van der Waals surface area (Å²) in [5, 5.41) is 0. The fourth-order valence-electron chi connectivity index (χ4n) is 4.90. The zero-order chi connectivity index (χ0) is 23.3. The van der Waals surface area contributed by atoms with Gasteiger partial charge in [-0.15, -0.1) is 0 Å². The van der Waals surface area contributed by atoms with Crippen LogP contribution in [0.1, 0.15) is 153 Å². The molecule has 2 nitrogen and oxygen atoms in total. The van der Waals surface area contributed by atoms with Gasteiger partial charge in [0.25, 0.3) is 0 Å². The van der Waals surface area contributed by atoms with Gasteiger partial charge in [-0.2, -0.15) is 0 Å². The molecule has 0 saturated heterocycles. The summed E-state index contributed by atoms with van der Waals surface area (Å²) in [7, 11) is 0. The molecule has 0 radical (unpaired) electrons. The average molecular weight is 445 g/mol. The topological polar surface area (TPSA) is 52.0 Å². The number of unbranched alkanes of at least 4 members (excludes halogenated alkanes) is 18. The highest BCUT2D eigenvalue weighted by Crippen LogP contribution is 2.27. The van der Waals surface area contributed by atoms with Crippen LogP contribution in [0.25, 0.3) is 0 Å². The quantitative estimate of drug-likeness (QED) is 0.138. The molecule has 1 aromatic rings. The van der Waals surface area contributed by atoms with Gasteiger partial charge in [0.05, 0.1) is 0 Å². The summed E-state index contributed by atoms with van der Waals surface area (Å²) < 4.78 is 0. The van der Waals surface area contributed by atoms with Crippen LogP contribution in [-0.2, 0) is 12.8 Å². The zero-order valence-electron chi connectivity index (χ0n) is 21.9. The number of nitrogens with two attached hydrogens (primary N) is 2. The zero-order valence-corrected chi connectivity index (χ0v) is 21.9. The molecule has 0 bridgehead atoms. The minimum absolute atomic E-state index is 0.955. The lowest BCUT2D eigenvalue weighted by molar-refractivity contribution is 0.543. The van der Waals surface area contributed by atoms with Crippen molar-refractivity contribution in [1.29, 1.82) is 0 Å². The molecule has 0 saturated carbocycles. The van der Waals surface area contributed by atoms with Crippen LogP contribution in [0.3, 0.4) is 0 Å². The first kappa shape index (κ1) is 28.9. The highest BCUT2D eigenvalue weighted by Gasteiger charge is 2.10. The molecule has 32 heavy (non-hydrogen) atoms. The van der Waals surface area contributed by atoms with Crippen LogP contribution >= 0.6 is 0 Å². The van der Waals surface area contributed by atoms with Gasteiger partial charge in [-0.25, -0.2) is 0 Å². The van der Waals surface area contributed by atoms with Crippen molar-refractivity contribution in [2.75, 3.05) is 11.5 Å². The number of rotatable bonds is 22. The van der Waals surface area contributed by atoms with Crippen molar-refractivity contribution in [3.63, 3.8) is 0 Å². The maximum absolute atomic E-state index is 6.37. The number of nitrogen functional groups attached to an aromatic ring is 2. The van der Waals surface area contributed by atoms with Gasteiger partial charge in [-0.1, -0.05) is 129 Å². The van der Waals surface area contributed by atoms with Crippen molar-refractivity contribution in [3.8, 4) is 0 Å². The van der Waals surface area contributed by atoms with Crippen LogP contribution in [0, 0.1) is 0 Å². The Kier molecular flexibility index (Phi) is 18.4. The molecule has 0 heterocycles. The molecule has 4 N–H and O–H groups in total. The second-order valence-corrected chi connectivity index (χ2v) is 10.1. The van der Waals surface area contributed by atoms with Gasteiger partial charge in [-0.05, 0) is 48.9 Å². The number of anilines is 2. The Balaban J connectivity index is 2.19. The van der Waals surface area contributed by atoms with E-state index in [1.807, 2.05) is 12.1 Å². The Hall–Kier alpha value is -1.18. The van der Waals surface area contributed by atoms with E-state index in [9.17, 15) is 0 Å². The van der Waals surface area contributed by atoms with Crippen LogP contribution in [0.5, 0.6) is 0 Å². The Morgan fingerprint density at radius 3 is 0.938 bits per heavy atom. The van der Waals surface area contributed by atoms with E-state index in [1.54, 1.807) is 0 Å². The summed E-state index contributed by atoms with van der Waals surface area (Å²) >= 11 is 0. The summed E-state index contributed by atoms with van der Waals surface area (Å²) in [4.78, 5) is 0. The molecule has 0 aliphatic carbocycles. The predicted molar refractivity (Wildman–Crippen MR) is 146 cm³/mol. The fraction of sp³-hybridized carbons (Fsp3) is 0.800. The van der Waals surface area contributed by atoms with Crippen LogP contribution in [0.15, 0.2) is 12.1 Å². The Labute approximate surface area is 201 Å². The first-order chi connectivity index (χ1) is 15.7. The lowest BCUT2D eigenvalue weighted by Crippen LogP contribution is -2.05. The van der Waals surface area contributed by atoms with Gasteiger partial charge >= 0.3 is 0 Å². The summed E-state index contributed by atoms with van der Waals surface area (Å²) in [6.07, 6.45) is 29.7. The summed E-state index contributed by atoms with van der Waals surface area (Å²) in [5.41, 5.74) is 17.3. The minimum Gasteiger partial charge on any atom is -0.398 e. The molecule has 0 aromatic heterocycles. The highest BCUT2D eigenvalue weighted by atomic mass is 14.6. The first-order valence-electron chi connectivity index (χ1n) is 14.4. The van der Waals surface area contributed by atoms with E-state index in [0.29, 0.717) is 0 Å². The molecular formula is C30H56N2. The van der Waals surface area contributed by atoms with Crippen molar-refractivity contribution in [3.05, 3.63) is 23.3 Å². The molecule has 0 spiro atoms. The SMILES string of the molecule is CCCCCCCCCCCCCCc1c(N)ccc(N)c1CCCCCCCCCC. The Bertz CT molecular complexity index is 552. The molecule has 186 valence electrons. The highest BCUT2D eigenvalue weighted by molar-refractivity contribution is 5.62. The fourth-order valence-corrected chi connectivity index (χ4v) is 4.90. The number of hydrogen-bond donors (Lipinski definition) is 2. The number of benzene rings is 1. The van der Waals surface area contributed by atoms with Crippen molar-refractivity contribution in [2.24, 2.45) is 0 Å². The maximum Gasteiger partial charge on any atom is 0.0350 e. The standard InChI is InChI=1S/C30H56N2/c1-3-5-7-9-11-13-14-15-16-18-20-22-24-28-27(29(31)25-26-30(28)32)23-21-19-17-12-10-8-6-4-2/h25-26H,3-24,31-32H2,1-2H3. The largest absolute Gasteiger partial charge is 0.398 e. The third-order valence-electron chi connectivity index (χ3n) is 7.06. The summed E-state index contributed by atoms with van der Waals surface area (Å²) in [6.45, 7) is 4.57. The van der Waals surface area contributed by atoms with Crippen LogP contribution < -0.4 is 11.5 Å². The summed E-state index contributed by atoms with van der Waals surface area (Å²) in [5.74, 6) is 0. The maximum atomic E-state index is 6.37. The molecule has 2 heteroatoms. The minimum atomic E-state index is 0.955. The van der Waals surface area contributed by atoms with Crippen molar-refractivity contribution in [2.45, 2.75) is 155 Å². The van der Waals surface area contributed by atoms with E-state index in [4.69, 9.17) is 11.5 Å². The van der Waals surface area contributed by atoms with Gasteiger partial charge in [0.15, 0.2) is 0 Å². The van der Waals surface area contributed by atoms with E-state index >= 15 is 0 Å². The van der Waals surface area contributed by atoms with Crippen molar-refractivity contribution < 1.29 is 0 Å². The predicted octanol–water partition coefficient (Wildman–Crippen LogP) is 9.78. The van der Waals surface area contributed by atoms with E-state index in [1.165, 1.54) is 140 Å². The van der Waals surface area contributed by atoms with Gasteiger partial charge in [0, 0.05) is 11.4 Å². The monoisotopic (exact) mass is 444 g/mol. The normalized spacial score (nSPS) is 11.3. The van der Waals surface area contributed by atoms with Gasteiger partial charge < -0.3 is 11.5 Å². The lowest BCUT2D eigenvalue weighted by Gasteiger charge is -2.15. The molecule has 0 atom stereocenters. The third-order valence-corrected chi connectivity index (χ3v) is 7.06. The summed E-state index contributed by atoms with van der Waals surface area (Å²) in [6, 6.07) is 4.03.